The second kappa shape index (κ2) is 8.41. The number of nitrogens with zero attached hydrogens (tertiary/aromatic N) is 1. The summed E-state index contributed by atoms with van der Waals surface area (Å²) >= 11 is 0. The molecule has 0 amide bonds. The summed E-state index contributed by atoms with van der Waals surface area (Å²) < 4.78 is 5.21. The molecule has 0 aliphatic carbocycles. The van der Waals surface area contributed by atoms with Crippen LogP contribution in [0.25, 0.3) is 11.1 Å². The first-order valence-corrected chi connectivity index (χ1v) is 9.00. The Hall–Kier alpha value is -3.27. The molecule has 0 spiro atoms. The highest BCUT2D eigenvalue weighted by molar-refractivity contribution is 6.14. The summed E-state index contributed by atoms with van der Waals surface area (Å²) in [6, 6.07) is 18.5. The van der Waals surface area contributed by atoms with Crippen LogP contribution in [-0.4, -0.2) is 23.3 Å². The van der Waals surface area contributed by atoms with Crippen LogP contribution in [0.1, 0.15) is 45.8 Å². The average Bonchev–Trinajstić information content (AvgIpc) is 2.73. The lowest BCUT2D eigenvalue weighted by atomic mass is 9.90. The Bertz CT molecular complexity index is 950. The zero-order valence-electron chi connectivity index (χ0n) is 15.4. The van der Waals surface area contributed by atoms with Gasteiger partial charge in [0, 0.05) is 11.8 Å². The highest BCUT2D eigenvalue weighted by Gasteiger charge is 2.23. The molecule has 0 unspecified atom stereocenters. The van der Waals surface area contributed by atoms with Crippen molar-refractivity contribution in [2.24, 2.45) is 0 Å². The molecule has 2 aromatic carbocycles. The Morgan fingerprint density at radius 2 is 1.67 bits per heavy atom. The molecule has 1 aromatic heterocycles. The van der Waals surface area contributed by atoms with E-state index in [1.165, 1.54) is 0 Å². The lowest BCUT2D eigenvalue weighted by molar-refractivity contribution is 0.0523. The van der Waals surface area contributed by atoms with Crippen molar-refractivity contribution >= 4 is 11.8 Å². The number of aromatic nitrogens is 1. The first kappa shape index (κ1) is 18.5. The topological polar surface area (TPSA) is 56.3 Å². The molecule has 0 N–H and O–H groups in total. The van der Waals surface area contributed by atoms with Crippen molar-refractivity contribution < 1.29 is 14.3 Å². The molecular formula is C23H21NO3. The maximum absolute atomic E-state index is 13.0. The van der Waals surface area contributed by atoms with E-state index in [2.05, 4.69) is 4.98 Å². The Labute approximate surface area is 158 Å². The van der Waals surface area contributed by atoms with Gasteiger partial charge in [0.2, 0.25) is 5.78 Å². The Morgan fingerprint density at radius 3 is 2.30 bits per heavy atom. The molecule has 0 radical (unpaired) electrons. The number of aryl methyl sites for hydroxylation is 1. The molecule has 3 rings (SSSR count). The summed E-state index contributed by atoms with van der Waals surface area (Å²) in [5, 5.41) is 0. The first-order chi connectivity index (χ1) is 13.2. The van der Waals surface area contributed by atoms with Gasteiger partial charge in [0.15, 0.2) is 0 Å². The average molecular weight is 359 g/mol. The highest BCUT2D eigenvalue weighted by Crippen LogP contribution is 2.29. The fraction of sp³-hybridized carbons (Fsp3) is 0.174. The van der Waals surface area contributed by atoms with Gasteiger partial charge in [-0.05, 0) is 54.3 Å². The molecule has 3 aromatic rings. The Morgan fingerprint density at radius 1 is 0.926 bits per heavy atom. The quantitative estimate of drug-likeness (QED) is 0.472. The van der Waals surface area contributed by atoms with E-state index in [0.717, 1.165) is 23.1 Å². The zero-order valence-corrected chi connectivity index (χ0v) is 15.4. The number of hydrogen-bond acceptors (Lipinski definition) is 4. The number of ketones is 1. The maximum atomic E-state index is 13.0. The fourth-order valence-corrected chi connectivity index (χ4v) is 3.02. The van der Waals surface area contributed by atoms with E-state index >= 15 is 0 Å². The van der Waals surface area contributed by atoms with Crippen LogP contribution in [0, 0.1) is 0 Å². The number of carbonyl (C=O) groups excluding carboxylic acids is 2. The minimum absolute atomic E-state index is 0.242. The SMILES string of the molecule is CCOC(=O)c1cc(-c2ccccc2)c(CC)cc1C(=O)c1ccccn1. The van der Waals surface area contributed by atoms with Gasteiger partial charge in [-0.1, -0.05) is 43.3 Å². The fourth-order valence-electron chi connectivity index (χ4n) is 3.02. The summed E-state index contributed by atoms with van der Waals surface area (Å²) in [4.78, 5) is 29.7. The van der Waals surface area contributed by atoms with Crippen LogP contribution in [0.2, 0.25) is 0 Å². The molecule has 0 atom stereocenters. The number of ether oxygens (including phenoxy) is 1. The van der Waals surface area contributed by atoms with E-state index in [-0.39, 0.29) is 18.0 Å². The number of esters is 1. The predicted molar refractivity (Wildman–Crippen MR) is 105 cm³/mol. The highest BCUT2D eigenvalue weighted by atomic mass is 16.5. The molecule has 0 aliphatic heterocycles. The van der Waals surface area contributed by atoms with E-state index in [0.29, 0.717) is 11.3 Å². The van der Waals surface area contributed by atoms with Crippen molar-refractivity contribution in [3.8, 4) is 11.1 Å². The van der Waals surface area contributed by atoms with Gasteiger partial charge in [-0.3, -0.25) is 9.78 Å². The van der Waals surface area contributed by atoms with E-state index < -0.39 is 5.97 Å². The van der Waals surface area contributed by atoms with E-state index in [9.17, 15) is 9.59 Å². The van der Waals surface area contributed by atoms with Gasteiger partial charge in [-0.25, -0.2) is 4.79 Å². The number of rotatable bonds is 6. The second-order valence-corrected chi connectivity index (χ2v) is 6.04. The third-order valence-electron chi connectivity index (χ3n) is 4.35. The number of benzene rings is 2. The molecule has 0 saturated heterocycles. The molecule has 4 nitrogen and oxygen atoms in total. The van der Waals surface area contributed by atoms with Crippen molar-refractivity contribution in [2.75, 3.05) is 6.61 Å². The van der Waals surface area contributed by atoms with Gasteiger partial charge in [0.1, 0.15) is 5.69 Å². The van der Waals surface area contributed by atoms with Crippen LogP contribution < -0.4 is 0 Å². The van der Waals surface area contributed by atoms with Gasteiger partial charge < -0.3 is 4.74 Å². The van der Waals surface area contributed by atoms with Crippen molar-refractivity contribution in [3.63, 3.8) is 0 Å². The van der Waals surface area contributed by atoms with Gasteiger partial charge in [-0.15, -0.1) is 0 Å². The summed E-state index contributed by atoms with van der Waals surface area (Å²) in [6.07, 6.45) is 2.30. The van der Waals surface area contributed by atoms with Crippen LogP contribution in [-0.2, 0) is 11.2 Å². The molecular weight excluding hydrogens is 338 g/mol. The van der Waals surface area contributed by atoms with Crippen molar-refractivity contribution in [1.29, 1.82) is 0 Å². The third-order valence-corrected chi connectivity index (χ3v) is 4.35. The Balaban J connectivity index is 2.20. The lowest BCUT2D eigenvalue weighted by Crippen LogP contribution is -2.15. The van der Waals surface area contributed by atoms with Crippen LogP contribution in [0.3, 0.4) is 0 Å². The summed E-state index contributed by atoms with van der Waals surface area (Å²) in [5.74, 6) is -0.787. The van der Waals surface area contributed by atoms with E-state index in [1.54, 1.807) is 43.5 Å². The van der Waals surface area contributed by atoms with Crippen molar-refractivity contribution in [2.45, 2.75) is 20.3 Å². The van der Waals surface area contributed by atoms with E-state index in [1.807, 2.05) is 37.3 Å². The summed E-state index contributed by atoms with van der Waals surface area (Å²) in [6.45, 7) is 4.02. The zero-order chi connectivity index (χ0) is 19.2. The molecule has 0 aliphatic rings. The van der Waals surface area contributed by atoms with Crippen LogP contribution in [0.4, 0.5) is 0 Å². The Kier molecular flexibility index (Phi) is 5.77. The predicted octanol–water partition coefficient (Wildman–Crippen LogP) is 4.72. The van der Waals surface area contributed by atoms with Crippen LogP contribution in [0.5, 0.6) is 0 Å². The van der Waals surface area contributed by atoms with Gasteiger partial charge in [-0.2, -0.15) is 0 Å². The lowest BCUT2D eigenvalue weighted by Gasteiger charge is -2.15. The first-order valence-electron chi connectivity index (χ1n) is 9.00. The smallest absolute Gasteiger partial charge is 0.338 e. The third kappa shape index (κ3) is 3.95. The molecule has 0 saturated carbocycles. The number of carbonyl (C=O) groups is 2. The van der Waals surface area contributed by atoms with Crippen molar-refractivity contribution in [1.82, 2.24) is 4.98 Å². The van der Waals surface area contributed by atoms with Gasteiger partial charge >= 0.3 is 5.97 Å². The van der Waals surface area contributed by atoms with Crippen molar-refractivity contribution in [3.05, 3.63) is 89.2 Å². The van der Waals surface area contributed by atoms with Crippen LogP contribution >= 0.6 is 0 Å². The molecule has 1 heterocycles. The minimum Gasteiger partial charge on any atom is -0.462 e. The monoisotopic (exact) mass is 359 g/mol. The van der Waals surface area contributed by atoms with E-state index in [4.69, 9.17) is 4.74 Å². The second-order valence-electron chi connectivity index (χ2n) is 6.04. The molecule has 0 fully saturated rings. The largest absolute Gasteiger partial charge is 0.462 e. The standard InChI is InChI=1S/C23H21NO3/c1-3-16-14-19(22(25)21-12-8-9-13-24-21)20(23(26)27-4-2)15-18(16)17-10-6-5-7-11-17/h5-15H,3-4H2,1-2H3. The molecule has 136 valence electrons. The summed E-state index contributed by atoms with van der Waals surface area (Å²) in [5.41, 5.74) is 3.81. The minimum atomic E-state index is -0.503. The molecule has 27 heavy (non-hydrogen) atoms. The van der Waals surface area contributed by atoms with Gasteiger partial charge in [0.25, 0.3) is 0 Å². The summed E-state index contributed by atoms with van der Waals surface area (Å²) in [7, 11) is 0. The molecule has 0 bridgehead atoms. The normalized spacial score (nSPS) is 10.4. The number of hydrogen-bond donors (Lipinski definition) is 0. The van der Waals surface area contributed by atoms with Crippen LogP contribution in [0.15, 0.2) is 66.9 Å². The number of pyridine rings is 1. The maximum Gasteiger partial charge on any atom is 0.338 e. The molecule has 4 heteroatoms. The van der Waals surface area contributed by atoms with Gasteiger partial charge in [0.05, 0.1) is 12.2 Å².